The quantitative estimate of drug-likeness (QED) is 0.466. The number of carbonyl (C=O) groups is 1. The van der Waals surface area contributed by atoms with Gasteiger partial charge in [0.05, 0.1) is 25.8 Å². The zero-order valence-electron chi connectivity index (χ0n) is 17.9. The Morgan fingerprint density at radius 3 is 2.94 bits per heavy atom. The Balaban J connectivity index is 1.32. The topological polar surface area (TPSA) is 99.9 Å². The number of benzene rings is 2. The van der Waals surface area contributed by atoms with Gasteiger partial charge in [-0.1, -0.05) is 11.6 Å². The summed E-state index contributed by atoms with van der Waals surface area (Å²) in [6.07, 6.45) is 3.60. The third-order valence-corrected chi connectivity index (χ3v) is 5.66. The van der Waals surface area contributed by atoms with Gasteiger partial charge in [-0.15, -0.1) is 5.10 Å². The molecular formula is C23H20ClN5O4. The lowest BCUT2D eigenvalue weighted by Crippen LogP contribution is -2.35. The molecule has 0 radical (unpaired) electrons. The molecule has 0 aliphatic carbocycles. The highest BCUT2D eigenvalue weighted by Gasteiger charge is 2.27. The number of nitrogens with one attached hydrogen (secondary N) is 1. The molecule has 1 unspecified atom stereocenters. The minimum atomic E-state index is -0.395. The Labute approximate surface area is 194 Å². The van der Waals surface area contributed by atoms with Crippen LogP contribution in [0.3, 0.4) is 0 Å². The van der Waals surface area contributed by atoms with E-state index in [-0.39, 0.29) is 18.5 Å². The summed E-state index contributed by atoms with van der Waals surface area (Å²) in [6.45, 7) is 0.282. The lowest BCUT2D eigenvalue weighted by atomic mass is 9.99. The number of amides is 1. The van der Waals surface area contributed by atoms with Gasteiger partial charge in [-0.25, -0.2) is 9.50 Å². The lowest BCUT2D eigenvalue weighted by Gasteiger charge is -2.13. The van der Waals surface area contributed by atoms with Crippen molar-refractivity contribution in [2.24, 2.45) is 0 Å². The summed E-state index contributed by atoms with van der Waals surface area (Å²) in [6, 6.07) is 11.2. The molecule has 10 heteroatoms. The Kier molecular flexibility index (Phi) is 5.47. The molecule has 0 fully saturated rings. The fourth-order valence-corrected chi connectivity index (χ4v) is 4.09. The van der Waals surface area contributed by atoms with E-state index in [0.717, 1.165) is 22.4 Å². The molecule has 1 amide bonds. The lowest BCUT2D eigenvalue weighted by molar-refractivity contribution is 0.0923. The second kappa shape index (κ2) is 8.59. The van der Waals surface area contributed by atoms with Crippen LogP contribution < -0.4 is 19.5 Å². The van der Waals surface area contributed by atoms with Gasteiger partial charge in [-0.2, -0.15) is 4.98 Å². The molecule has 1 atom stereocenters. The van der Waals surface area contributed by atoms with Crippen molar-refractivity contribution in [3.8, 4) is 28.4 Å². The van der Waals surface area contributed by atoms with Gasteiger partial charge in [0.25, 0.3) is 11.7 Å². The molecule has 4 aromatic rings. The zero-order valence-corrected chi connectivity index (χ0v) is 18.7. The maximum Gasteiger partial charge on any atom is 0.291 e. The summed E-state index contributed by atoms with van der Waals surface area (Å²) >= 11 is 6.55. The third-order valence-electron chi connectivity index (χ3n) is 5.38. The molecule has 0 saturated carbocycles. The van der Waals surface area contributed by atoms with Crippen molar-refractivity contribution in [2.45, 2.75) is 12.5 Å². The van der Waals surface area contributed by atoms with Crippen molar-refractivity contribution in [2.75, 3.05) is 20.8 Å². The zero-order chi connectivity index (χ0) is 22.9. The monoisotopic (exact) mass is 465 g/mol. The molecule has 0 spiro atoms. The summed E-state index contributed by atoms with van der Waals surface area (Å²) in [4.78, 5) is 20.7. The maximum atomic E-state index is 12.5. The van der Waals surface area contributed by atoms with Gasteiger partial charge in [0.2, 0.25) is 5.82 Å². The molecule has 1 aliphatic heterocycles. The molecule has 0 bridgehead atoms. The van der Waals surface area contributed by atoms with E-state index in [1.807, 2.05) is 30.3 Å². The molecule has 2 aromatic carbocycles. The van der Waals surface area contributed by atoms with Crippen LogP contribution in [0.25, 0.3) is 16.9 Å². The normalized spacial score (nSPS) is 14.6. The summed E-state index contributed by atoms with van der Waals surface area (Å²) in [5.41, 5.74) is 2.71. The van der Waals surface area contributed by atoms with E-state index in [4.69, 9.17) is 25.8 Å². The Morgan fingerprint density at radius 1 is 1.27 bits per heavy atom. The van der Waals surface area contributed by atoms with Crippen LogP contribution in [0.4, 0.5) is 0 Å². The first-order valence-electron chi connectivity index (χ1n) is 10.2. The van der Waals surface area contributed by atoms with Gasteiger partial charge in [0.15, 0.2) is 0 Å². The summed E-state index contributed by atoms with van der Waals surface area (Å²) in [5, 5.41) is 7.45. The second-order valence-corrected chi connectivity index (χ2v) is 7.87. The number of hydrogen-bond donors (Lipinski definition) is 1. The van der Waals surface area contributed by atoms with E-state index in [9.17, 15) is 4.79 Å². The SMILES string of the molecule is COc1ccc(OC)c(-c2cc(Cl)c3c(c2)CC(CNC(=O)c2nc4ncccn4n2)O3)c1. The van der Waals surface area contributed by atoms with Crippen molar-refractivity contribution >= 4 is 23.3 Å². The van der Waals surface area contributed by atoms with E-state index < -0.39 is 5.91 Å². The smallest absolute Gasteiger partial charge is 0.291 e. The number of aromatic nitrogens is 4. The molecule has 1 N–H and O–H groups in total. The maximum absolute atomic E-state index is 12.5. The summed E-state index contributed by atoms with van der Waals surface area (Å²) in [5.74, 6) is 2.07. The fraction of sp³-hybridized carbons (Fsp3) is 0.217. The highest BCUT2D eigenvalue weighted by Crippen LogP contribution is 2.42. The third kappa shape index (κ3) is 4.03. The first-order chi connectivity index (χ1) is 16.1. The average Bonchev–Trinajstić information content (AvgIpc) is 3.46. The molecule has 168 valence electrons. The number of nitrogens with zero attached hydrogens (tertiary/aromatic N) is 4. The predicted molar refractivity (Wildman–Crippen MR) is 121 cm³/mol. The van der Waals surface area contributed by atoms with Crippen molar-refractivity contribution < 1.29 is 19.0 Å². The molecule has 0 saturated heterocycles. The molecule has 33 heavy (non-hydrogen) atoms. The van der Waals surface area contributed by atoms with Crippen LogP contribution in [0.2, 0.25) is 5.02 Å². The minimum absolute atomic E-state index is 0.0506. The standard InChI is InChI=1S/C23H20ClN5O4/c1-31-15-4-5-19(32-2)17(11-15)13-8-14-9-16(33-20(14)18(24)10-13)12-26-22(30)21-27-23-25-6-3-7-29(23)28-21/h3-8,10-11,16H,9,12H2,1-2H3,(H,26,30). The largest absolute Gasteiger partial charge is 0.497 e. The average molecular weight is 466 g/mol. The van der Waals surface area contributed by atoms with Gasteiger partial charge in [-0.05, 0) is 42.0 Å². The first-order valence-corrected chi connectivity index (χ1v) is 10.6. The van der Waals surface area contributed by atoms with E-state index in [1.54, 1.807) is 32.7 Å². The minimum Gasteiger partial charge on any atom is -0.497 e. The highest BCUT2D eigenvalue weighted by atomic mass is 35.5. The number of fused-ring (bicyclic) bond motifs is 2. The van der Waals surface area contributed by atoms with Gasteiger partial charge in [-0.3, -0.25) is 4.79 Å². The van der Waals surface area contributed by atoms with Crippen LogP contribution in [0.15, 0.2) is 48.8 Å². The first kappa shape index (κ1) is 21.0. The van der Waals surface area contributed by atoms with Gasteiger partial charge in [0.1, 0.15) is 23.4 Å². The number of rotatable bonds is 6. The van der Waals surface area contributed by atoms with E-state index in [2.05, 4.69) is 20.4 Å². The van der Waals surface area contributed by atoms with Crippen LogP contribution >= 0.6 is 11.6 Å². The highest BCUT2D eigenvalue weighted by molar-refractivity contribution is 6.32. The van der Waals surface area contributed by atoms with Crippen LogP contribution in [-0.4, -0.2) is 52.4 Å². The number of carbonyl (C=O) groups excluding carboxylic acids is 1. The number of methoxy groups -OCH3 is 2. The molecular weight excluding hydrogens is 446 g/mol. The van der Waals surface area contributed by atoms with Crippen molar-refractivity contribution in [3.63, 3.8) is 0 Å². The van der Waals surface area contributed by atoms with Crippen LogP contribution in [0.5, 0.6) is 17.2 Å². The Hall–Kier alpha value is -3.85. The van der Waals surface area contributed by atoms with Crippen LogP contribution in [0.1, 0.15) is 16.2 Å². The van der Waals surface area contributed by atoms with Gasteiger partial charge >= 0.3 is 0 Å². The molecule has 5 rings (SSSR count). The number of halogens is 1. The van der Waals surface area contributed by atoms with Crippen LogP contribution in [-0.2, 0) is 6.42 Å². The van der Waals surface area contributed by atoms with Crippen molar-refractivity contribution in [3.05, 3.63) is 65.2 Å². The van der Waals surface area contributed by atoms with Crippen LogP contribution in [0, 0.1) is 0 Å². The number of hydrogen-bond acceptors (Lipinski definition) is 7. The second-order valence-electron chi connectivity index (χ2n) is 7.47. The van der Waals surface area contributed by atoms with E-state index in [1.165, 1.54) is 4.52 Å². The fourth-order valence-electron chi connectivity index (χ4n) is 3.81. The van der Waals surface area contributed by atoms with E-state index in [0.29, 0.717) is 28.7 Å². The Morgan fingerprint density at radius 2 is 2.15 bits per heavy atom. The van der Waals surface area contributed by atoms with Gasteiger partial charge < -0.3 is 19.5 Å². The van der Waals surface area contributed by atoms with E-state index >= 15 is 0 Å². The Bertz CT molecular complexity index is 1320. The molecule has 2 aromatic heterocycles. The number of ether oxygens (including phenoxy) is 3. The summed E-state index contributed by atoms with van der Waals surface area (Å²) < 4.78 is 18.3. The van der Waals surface area contributed by atoms with Crippen molar-refractivity contribution in [1.29, 1.82) is 0 Å². The summed E-state index contributed by atoms with van der Waals surface area (Å²) in [7, 11) is 3.24. The van der Waals surface area contributed by atoms with Crippen molar-refractivity contribution in [1.82, 2.24) is 24.9 Å². The molecule has 3 heterocycles. The van der Waals surface area contributed by atoms with Gasteiger partial charge in [0, 0.05) is 29.9 Å². The molecule has 1 aliphatic rings. The molecule has 9 nitrogen and oxygen atoms in total. The predicted octanol–water partition coefficient (Wildman–Crippen LogP) is 3.20.